The third-order valence-corrected chi connectivity index (χ3v) is 2.99. The van der Waals surface area contributed by atoms with Crippen LogP contribution >= 0.6 is 0 Å². The summed E-state index contributed by atoms with van der Waals surface area (Å²) in [6, 6.07) is 9.98. The molecule has 0 radical (unpaired) electrons. The van der Waals surface area contributed by atoms with Crippen molar-refractivity contribution in [1.29, 1.82) is 0 Å². The Bertz CT molecular complexity index is 599. The van der Waals surface area contributed by atoms with E-state index >= 15 is 0 Å². The van der Waals surface area contributed by atoms with Crippen molar-refractivity contribution in [2.75, 3.05) is 19.0 Å². The molecular formula is C15H17N3O2. The molecule has 0 aliphatic carbocycles. The summed E-state index contributed by atoms with van der Waals surface area (Å²) in [6.07, 6.45) is 2.43. The number of benzene rings is 1. The van der Waals surface area contributed by atoms with Gasteiger partial charge in [0.05, 0.1) is 7.11 Å². The van der Waals surface area contributed by atoms with E-state index in [0.29, 0.717) is 5.82 Å². The second-order valence-corrected chi connectivity index (χ2v) is 4.36. The van der Waals surface area contributed by atoms with E-state index in [1.807, 2.05) is 12.1 Å². The predicted molar refractivity (Wildman–Crippen MR) is 76.7 cm³/mol. The number of carbonyl (C=O) groups is 1. The molecule has 0 amide bonds. The van der Waals surface area contributed by atoms with E-state index in [2.05, 4.69) is 39.1 Å². The zero-order chi connectivity index (χ0) is 14.4. The Morgan fingerprint density at radius 2 is 2.10 bits per heavy atom. The summed E-state index contributed by atoms with van der Waals surface area (Å²) in [5.74, 6) is 0.148. The van der Waals surface area contributed by atoms with E-state index in [4.69, 9.17) is 0 Å². The average Bonchev–Trinajstić information content (AvgIpc) is 2.49. The van der Waals surface area contributed by atoms with Crippen LogP contribution in [-0.2, 0) is 11.2 Å². The van der Waals surface area contributed by atoms with Crippen LogP contribution in [0.15, 0.2) is 36.5 Å². The van der Waals surface area contributed by atoms with Crippen LogP contribution in [0.2, 0.25) is 0 Å². The lowest BCUT2D eigenvalue weighted by Gasteiger charge is -2.08. The summed E-state index contributed by atoms with van der Waals surface area (Å²) < 4.78 is 4.59. The SMILES string of the molecule is COC(=O)c1nccc(NCCc2ccccc2C)n1. The summed E-state index contributed by atoms with van der Waals surface area (Å²) >= 11 is 0. The largest absolute Gasteiger partial charge is 0.463 e. The van der Waals surface area contributed by atoms with E-state index in [9.17, 15) is 4.79 Å². The lowest BCUT2D eigenvalue weighted by atomic mass is 10.1. The summed E-state index contributed by atoms with van der Waals surface area (Å²) in [5, 5.41) is 3.18. The van der Waals surface area contributed by atoms with Gasteiger partial charge in [-0.2, -0.15) is 0 Å². The number of nitrogens with one attached hydrogen (secondary N) is 1. The van der Waals surface area contributed by atoms with Crippen molar-refractivity contribution in [3.63, 3.8) is 0 Å². The number of hydrogen-bond donors (Lipinski definition) is 1. The summed E-state index contributed by atoms with van der Waals surface area (Å²) in [5.41, 5.74) is 2.56. The number of esters is 1. The Kier molecular flexibility index (Phi) is 4.65. The molecule has 2 aromatic rings. The minimum absolute atomic E-state index is 0.0633. The summed E-state index contributed by atoms with van der Waals surface area (Å²) in [7, 11) is 1.31. The standard InChI is InChI=1S/C15H17N3O2/c1-11-5-3-4-6-12(11)7-9-16-13-8-10-17-14(18-13)15(19)20-2/h3-6,8,10H,7,9H2,1-2H3,(H,16,17,18). The maximum absolute atomic E-state index is 11.3. The number of aryl methyl sites for hydroxylation is 1. The Labute approximate surface area is 118 Å². The average molecular weight is 271 g/mol. The monoisotopic (exact) mass is 271 g/mol. The molecule has 0 atom stereocenters. The zero-order valence-corrected chi connectivity index (χ0v) is 11.6. The first kappa shape index (κ1) is 14.0. The Balaban J connectivity index is 1.94. The fraction of sp³-hybridized carbons (Fsp3) is 0.267. The van der Waals surface area contributed by atoms with E-state index < -0.39 is 5.97 Å². The van der Waals surface area contributed by atoms with Gasteiger partial charge >= 0.3 is 5.97 Å². The topological polar surface area (TPSA) is 64.1 Å². The van der Waals surface area contributed by atoms with Crippen LogP contribution in [0.25, 0.3) is 0 Å². The van der Waals surface area contributed by atoms with Gasteiger partial charge in [0.15, 0.2) is 0 Å². The molecule has 0 fully saturated rings. The highest BCUT2D eigenvalue weighted by Crippen LogP contribution is 2.08. The van der Waals surface area contributed by atoms with Gasteiger partial charge in [0.1, 0.15) is 5.82 Å². The first-order valence-corrected chi connectivity index (χ1v) is 6.40. The molecule has 0 aliphatic heterocycles. The van der Waals surface area contributed by atoms with E-state index in [1.54, 1.807) is 6.07 Å². The summed E-state index contributed by atoms with van der Waals surface area (Å²) in [6.45, 7) is 2.83. The number of rotatable bonds is 5. The highest BCUT2D eigenvalue weighted by molar-refractivity contribution is 5.85. The molecule has 20 heavy (non-hydrogen) atoms. The Morgan fingerprint density at radius 3 is 2.85 bits per heavy atom. The van der Waals surface area contributed by atoms with Gasteiger partial charge in [-0.25, -0.2) is 14.8 Å². The highest BCUT2D eigenvalue weighted by atomic mass is 16.5. The van der Waals surface area contributed by atoms with Crippen LogP contribution in [0.4, 0.5) is 5.82 Å². The molecular weight excluding hydrogens is 254 g/mol. The highest BCUT2D eigenvalue weighted by Gasteiger charge is 2.09. The normalized spacial score (nSPS) is 10.1. The molecule has 0 unspecified atom stereocenters. The van der Waals surface area contributed by atoms with E-state index in [-0.39, 0.29) is 5.82 Å². The second kappa shape index (κ2) is 6.65. The molecule has 1 heterocycles. The summed E-state index contributed by atoms with van der Waals surface area (Å²) in [4.78, 5) is 19.3. The van der Waals surface area contributed by atoms with Gasteiger partial charge in [0.25, 0.3) is 0 Å². The molecule has 0 bridgehead atoms. The van der Waals surface area contributed by atoms with Crippen molar-refractivity contribution < 1.29 is 9.53 Å². The fourth-order valence-corrected chi connectivity index (χ4v) is 1.86. The molecule has 104 valence electrons. The number of ether oxygens (including phenoxy) is 1. The van der Waals surface area contributed by atoms with Gasteiger partial charge in [-0.15, -0.1) is 0 Å². The Morgan fingerprint density at radius 1 is 1.30 bits per heavy atom. The molecule has 0 saturated heterocycles. The van der Waals surface area contributed by atoms with Gasteiger partial charge in [0, 0.05) is 12.7 Å². The molecule has 2 rings (SSSR count). The molecule has 0 aliphatic rings. The molecule has 1 N–H and O–H groups in total. The number of carbonyl (C=O) groups excluding carboxylic acids is 1. The maximum Gasteiger partial charge on any atom is 0.376 e. The van der Waals surface area contributed by atoms with Crippen molar-refractivity contribution in [3.8, 4) is 0 Å². The number of methoxy groups -OCH3 is 1. The number of aromatic nitrogens is 2. The Hall–Kier alpha value is -2.43. The van der Waals surface area contributed by atoms with Gasteiger partial charge in [-0.1, -0.05) is 24.3 Å². The molecule has 1 aromatic carbocycles. The molecule has 5 heteroatoms. The van der Waals surface area contributed by atoms with Gasteiger partial charge in [-0.3, -0.25) is 0 Å². The molecule has 0 saturated carbocycles. The second-order valence-electron chi connectivity index (χ2n) is 4.36. The van der Waals surface area contributed by atoms with Gasteiger partial charge < -0.3 is 10.1 Å². The smallest absolute Gasteiger partial charge is 0.376 e. The molecule has 5 nitrogen and oxygen atoms in total. The van der Waals surface area contributed by atoms with Gasteiger partial charge in [0.2, 0.25) is 5.82 Å². The lowest BCUT2D eigenvalue weighted by molar-refractivity contribution is 0.0587. The number of anilines is 1. The first-order valence-electron chi connectivity index (χ1n) is 6.40. The van der Waals surface area contributed by atoms with Crippen molar-refractivity contribution in [2.45, 2.75) is 13.3 Å². The van der Waals surface area contributed by atoms with Crippen molar-refractivity contribution in [1.82, 2.24) is 9.97 Å². The predicted octanol–water partition coefficient (Wildman–Crippen LogP) is 2.23. The van der Waals surface area contributed by atoms with Crippen LogP contribution in [0, 0.1) is 6.92 Å². The van der Waals surface area contributed by atoms with Crippen LogP contribution in [-0.4, -0.2) is 29.6 Å². The first-order chi connectivity index (χ1) is 9.70. The van der Waals surface area contributed by atoms with Crippen molar-refractivity contribution in [3.05, 3.63) is 53.5 Å². The third-order valence-electron chi connectivity index (χ3n) is 2.99. The number of hydrogen-bond acceptors (Lipinski definition) is 5. The van der Waals surface area contributed by atoms with Crippen LogP contribution in [0.3, 0.4) is 0 Å². The lowest BCUT2D eigenvalue weighted by Crippen LogP contribution is -2.11. The maximum atomic E-state index is 11.3. The number of nitrogens with zero attached hydrogens (tertiary/aromatic N) is 2. The van der Waals surface area contributed by atoms with E-state index in [0.717, 1.165) is 13.0 Å². The van der Waals surface area contributed by atoms with Crippen LogP contribution < -0.4 is 5.32 Å². The molecule has 1 aromatic heterocycles. The van der Waals surface area contributed by atoms with Crippen LogP contribution in [0.5, 0.6) is 0 Å². The van der Waals surface area contributed by atoms with Crippen molar-refractivity contribution >= 4 is 11.8 Å². The van der Waals surface area contributed by atoms with Gasteiger partial charge in [-0.05, 0) is 30.5 Å². The van der Waals surface area contributed by atoms with Crippen molar-refractivity contribution in [2.24, 2.45) is 0 Å². The molecule has 0 spiro atoms. The zero-order valence-electron chi connectivity index (χ0n) is 11.6. The van der Waals surface area contributed by atoms with E-state index in [1.165, 1.54) is 24.4 Å². The minimum atomic E-state index is -0.535. The fourth-order valence-electron chi connectivity index (χ4n) is 1.86. The minimum Gasteiger partial charge on any atom is -0.463 e. The third kappa shape index (κ3) is 3.54. The quantitative estimate of drug-likeness (QED) is 0.845. The van der Waals surface area contributed by atoms with Crippen LogP contribution in [0.1, 0.15) is 21.7 Å².